The smallest absolute Gasteiger partial charge is 0.343 e. The van der Waals surface area contributed by atoms with E-state index in [4.69, 9.17) is 14.2 Å². The predicted molar refractivity (Wildman–Crippen MR) is 161 cm³/mol. The first kappa shape index (κ1) is 28.7. The van der Waals surface area contributed by atoms with Crippen LogP contribution in [0.3, 0.4) is 0 Å². The van der Waals surface area contributed by atoms with E-state index in [1.54, 1.807) is 48.3 Å². The summed E-state index contributed by atoms with van der Waals surface area (Å²) < 4.78 is 31.6. The van der Waals surface area contributed by atoms with E-state index in [0.29, 0.717) is 39.6 Å². The maximum absolute atomic E-state index is 14.1. The molecule has 7 nitrogen and oxygen atoms in total. The summed E-state index contributed by atoms with van der Waals surface area (Å²) in [5.74, 6) is 0.212. The molecule has 1 heterocycles. The van der Waals surface area contributed by atoms with Crippen LogP contribution in [0.2, 0.25) is 0 Å². The monoisotopic (exact) mass is 568 g/mol. The molecule has 42 heavy (non-hydrogen) atoms. The van der Waals surface area contributed by atoms with Gasteiger partial charge in [0.1, 0.15) is 35.2 Å². The van der Waals surface area contributed by atoms with Gasteiger partial charge in [-0.15, -0.1) is 0 Å². The van der Waals surface area contributed by atoms with Crippen LogP contribution in [-0.2, 0) is 11.4 Å². The fourth-order valence-electron chi connectivity index (χ4n) is 5.23. The minimum absolute atomic E-state index is 0.0513. The molecule has 1 aliphatic rings. The van der Waals surface area contributed by atoms with Crippen LogP contribution in [0.4, 0.5) is 15.8 Å². The van der Waals surface area contributed by atoms with Crippen LogP contribution in [-0.4, -0.2) is 31.6 Å². The molecule has 0 radical (unpaired) electrons. The molecule has 1 amide bonds. The number of esters is 1. The second-order valence-corrected chi connectivity index (χ2v) is 10.9. The molecule has 4 aromatic carbocycles. The summed E-state index contributed by atoms with van der Waals surface area (Å²) in [6, 6.07) is 20.6. The average Bonchev–Trinajstić information content (AvgIpc) is 2.96. The van der Waals surface area contributed by atoms with E-state index in [0.717, 1.165) is 22.4 Å². The Balaban J connectivity index is 1.58. The fraction of sp³-hybridized carbons (Fsp3) is 0.235. The van der Waals surface area contributed by atoms with Crippen LogP contribution in [0.1, 0.15) is 40.9 Å². The first-order chi connectivity index (χ1) is 20.0. The average molecular weight is 569 g/mol. The Morgan fingerprint density at radius 1 is 0.929 bits per heavy atom. The first-order valence-corrected chi connectivity index (χ1v) is 13.6. The van der Waals surface area contributed by atoms with Crippen molar-refractivity contribution in [2.45, 2.75) is 39.8 Å². The highest BCUT2D eigenvalue weighted by molar-refractivity contribution is 6.08. The lowest BCUT2D eigenvalue weighted by atomic mass is 9.91. The van der Waals surface area contributed by atoms with E-state index in [1.807, 2.05) is 52.0 Å². The van der Waals surface area contributed by atoms with E-state index < -0.39 is 17.3 Å². The number of halogens is 1. The summed E-state index contributed by atoms with van der Waals surface area (Å²) in [5.41, 5.74) is 4.85. The fourth-order valence-corrected chi connectivity index (χ4v) is 5.23. The van der Waals surface area contributed by atoms with Crippen molar-refractivity contribution in [3.8, 4) is 28.4 Å². The lowest BCUT2D eigenvalue weighted by Crippen LogP contribution is -2.52. The molecule has 0 aromatic heterocycles. The van der Waals surface area contributed by atoms with Crippen molar-refractivity contribution in [3.63, 3.8) is 0 Å². The van der Waals surface area contributed by atoms with Crippen molar-refractivity contribution >= 4 is 23.3 Å². The number of benzene rings is 4. The zero-order chi connectivity index (χ0) is 30.2. The Hall–Kier alpha value is -4.85. The van der Waals surface area contributed by atoms with Gasteiger partial charge in [0, 0.05) is 30.3 Å². The topological polar surface area (TPSA) is 77.1 Å². The van der Waals surface area contributed by atoms with Gasteiger partial charge in [-0.05, 0) is 74.7 Å². The minimum Gasteiger partial charge on any atom is -0.496 e. The molecule has 4 aromatic rings. The Bertz CT molecular complexity index is 1700. The van der Waals surface area contributed by atoms with Crippen LogP contribution < -0.4 is 24.4 Å². The van der Waals surface area contributed by atoms with Gasteiger partial charge in [-0.2, -0.15) is 0 Å². The van der Waals surface area contributed by atoms with Crippen molar-refractivity contribution in [2.24, 2.45) is 0 Å². The molecular formula is C34H33FN2O5. The highest BCUT2D eigenvalue weighted by Gasteiger charge is 2.38. The predicted octanol–water partition coefficient (Wildman–Crippen LogP) is 7.08. The largest absolute Gasteiger partial charge is 0.496 e. The number of aryl methyl sites for hydroxylation is 2. The number of nitrogens with one attached hydrogen (secondary N) is 1. The van der Waals surface area contributed by atoms with Crippen LogP contribution in [0.25, 0.3) is 11.1 Å². The Morgan fingerprint density at radius 3 is 2.40 bits per heavy atom. The zero-order valence-electron chi connectivity index (χ0n) is 24.5. The second kappa shape index (κ2) is 11.2. The number of likely N-dealkylation sites (N-methyl/N-ethyl adjacent to an activating group) is 1. The number of anilines is 2. The number of methoxy groups -OCH3 is 1. The van der Waals surface area contributed by atoms with Crippen molar-refractivity contribution in [2.75, 3.05) is 24.4 Å². The molecule has 0 aliphatic carbocycles. The Kier molecular flexibility index (Phi) is 7.65. The maximum atomic E-state index is 14.1. The molecule has 216 valence electrons. The Labute approximate surface area is 244 Å². The number of nitrogens with zero attached hydrogens (tertiary/aromatic N) is 1. The van der Waals surface area contributed by atoms with Crippen LogP contribution >= 0.6 is 0 Å². The number of carbonyl (C=O) groups excluding carboxylic acids is 2. The SMILES string of the molecule is COc1cc(OC(=O)c2ccccc2C)ccc1-c1ccc2c(c1COc1cc(F)ccc1C)N(C)C(=O)C(C)(C)N2. The number of carbonyl (C=O) groups is 2. The number of rotatable bonds is 7. The number of amides is 1. The zero-order valence-corrected chi connectivity index (χ0v) is 24.5. The van der Waals surface area contributed by atoms with Gasteiger partial charge in [0.25, 0.3) is 5.91 Å². The van der Waals surface area contributed by atoms with E-state index in [-0.39, 0.29) is 12.5 Å². The number of ether oxygens (including phenoxy) is 3. The van der Waals surface area contributed by atoms with Gasteiger partial charge in [0.2, 0.25) is 0 Å². The van der Waals surface area contributed by atoms with Crippen LogP contribution in [0.15, 0.2) is 72.8 Å². The summed E-state index contributed by atoms with van der Waals surface area (Å²) >= 11 is 0. The van der Waals surface area contributed by atoms with Gasteiger partial charge >= 0.3 is 5.97 Å². The summed E-state index contributed by atoms with van der Waals surface area (Å²) in [6.45, 7) is 7.40. The molecule has 5 rings (SSSR count). The van der Waals surface area contributed by atoms with E-state index >= 15 is 0 Å². The molecule has 1 N–H and O–H groups in total. The lowest BCUT2D eigenvalue weighted by molar-refractivity contribution is -0.121. The number of hydrogen-bond acceptors (Lipinski definition) is 6. The molecule has 0 unspecified atom stereocenters. The van der Waals surface area contributed by atoms with Crippen LogP contribution in [0, 0.1) is 19.7 Å². The molecule has 1 aliphatic heterocycles. The molecule has 0 saturated carbocycles. The highest BCUT2D eigenvalue weighted by Crippen LogP contribution is 2.45. The second-order valence-electron chi connectivity index (χ2n) is 10.9. The van der Waals surface area contributed by atoms with Crippen molar-refractivity contribution in [1.82, 2.24) is 0 Å². The maximum Gasteiger partial charge on any atom is 0.343 e. The van der Waals surface area contributed by atoms with Gasteiger partial charge in [0.15, 0.2) is 0 Å². The summed E-state index contributed by atoms with van der Waals surface area (Å²) in [5, 5.41) is 3.34. The molecule has 0 fully saturated rings. The van der Waals surface area contributed by atoms with Crippen molar-refractivity contribution in [3.05, 3.63) is 101 Å². The van der Waals surface area contributed by atoms with Gasteiger partial charge in [-0.1, -0.05) is 30.3 Å². The normalized spacial score (nSPS) is 13.7. The third kappa shape index (κ3) is 5.40. The third-order valence-corrected chi connectivity index (χ3v) is 7.47. The first-order valence-electron chi connectivity index (χ1n) is 13.6. The highest BCUT2D eigenvalue weighted by atomic mass is 19.1. The van der Waals surface area contributed by atoms with Gasteiger partial charge in [0.05, 0.1) is 24.0 Å². The summed E-state index contributed by atoms with van der Waals surface area (Å²) in [6.07, 6.45) is 0. The quantitative estimate of drug-likeness (QED) is 0.190. The molecule has 0 spiro atoms. The number of fused-ring (bicyclic) bond motifs is 1. The molecule has 0 bridgehead atoms. The van der Waals surface area contributed by atoms with Gasteiger partial charge in [-0.25, -0.2) is 9.18 Å². The van der Waals surface area contributed by atoms with Crippen molar-refractivity contribution in [1.29, 1.82) is 0 Å². The van der Waals surface area contributed by atoms with Gasteiger partial charge in [-0.3, -0.25) is 4.79 Å². The molecule has 8 heteroatoms. The summed E-state index contributed by atoms with van der Waals surface area (Å²) in [7, 11) is 3.27. The summed E-state index contributed by atoms with van der Waals surface area (Å²) in [4.78, 5) is 27.8. The Morgan fingerprint density at radius 2 is 1.67 bits per heavy atom. The minimum atomic E-state index is -0.805. The van der Waals surface area contributed by atoms with Crippen molar-refractivity contribution < 1.29 is 28.2 Å². The molecule has 0 saturated heterocycles. The van der Waals surface area contributed by atoms with Gasteiger partial charge < -0.3 is 24.4 Å². The molecule has 0 atom stereocenters. The standard InChI is InChI=1S/C34H33FN2O5/c1-20-9-7-8-10-24(20)32(38)42-23-13-14-26(30(18-23)40-6)25-15-16-28-31(37(5)33(39)34(3,4)36-28)27(25)19-41-29-17-22(35)12-11-21(29)2/h7-18,36H,19H2,1-6H3. The lowest BCUT2D eigenvalue weighted by Gasteiger charge is -2.39. The van der Waals surface area contributed by atoms with E-state index in [1.165, 1.54) is 19.2 Å². The molecular weight excluding hydrogens is 535 g/mol. The number of hydrogen-bond donors (Lipinski definition) is 1. The third-order valence-electron chi connectivity index (χ3n) is 7.47. The van der Waals surface area contributed by atoms with E-state index in [2.05, 4.69) is 5.32 Å². The van der Waals surface area contributed by atoms with E-state index in [9.17, 15) is 14.0 Å². The van der Waals surface area contributed by atoms with Crippen LogP contribution in [0.5, 0.6) is 17.2 Å².